The molecule has 3 atom stereocenters. The largest absolute Gasteiger partial charge is 0.486 e. The van der Waals surface area contributed by atoms with Crippen LogP contribution in [0.15, 0.2) is 72.8 Å². The normalized spacial score (nSPS) is 25.4. The van der Waals surface area contributed by atoms with Crippen molar-refractivity contribution in [1.82, 2.24) is 0 Å². The Hall–Kier alpha value is -4.30. The molecule has 2 saturated heterocycles. The van der Waals surface area contributed by atoms with Gasteiger partial charge in [0.1, 0.15) is 13.2 Å². The monoisotopic (exact) mass is 481 g/mol. The van der Waals surface area contributed by atoms with Crippen LogP contribution in [0.3, 0.4) is 0 Å². The van der Waals surface area contributed by atoms with Gasteiger partial charge in [-0.25, -0.2) is 4.90 Å². The zero-order chi connectivity index (χ0) is 24.6. The Balaban J connectivity index is 1.39. The van der Waals surface area contributed by atoms with Crippen LogP contribution in [0.4, 0.5) is 5.69 Å². The summed E-state index contributed by atoms with van der Waals surface area (Å²) in [4.78, 5) is 56.5. The third-order valence-electron chi connectivity index (χ3n) is 7.43. The smallest absolute Gasteiger partial charge is 0.241 e. The molecule has 7 rings (SSSR count). The number of rotatable bonds is 2. The third kappa shape index (κ3) is 2.56. The Kier molecular flexibility index (Phi) is 4.29. The van der Waals surface area contributed by atoms with Gasteiger partial charge in [-0.05, 0) is 17.7 Å². The van der Waals surface area contributed by atoms with Crippen LogP contribution in [0.5, 0.6) is 11.5 Å². The van der Waals surface area contributed by atoms with Gasteiger partial charge in [-0.15, -0.1) is 0 Å². The number of hydrogen-bond acceptors (Lipinski definition) is 7. The second-order valence-electron chi connectivity index (χ2n) is 9.23. The molecule has 8 heteroatoms. The van der Waals surface area contributed by atoms with Crippen molar-refractivity contribution in [2.45, 2.75) is 11.7 Å². The fourth-order valence-corrected chi connectivity index (χ4v) is 5.89. The fourth-order valence-electron chi connectivity index (χ4n) is 5.89. The predicted octanol–water partition coefficient (Wildman–Crippen LogP) is 3.15. The number of ether oxygens (including phenoxy) is 3. The molecule has 3 aromatic rings. The van der Waals surface area contributed by atoms with E-state index < -0.39 is 46.9 Å². The lowest BCUT2D eigenvalue weighted by molar-refractivity contribution is -0.127. The zero-order valence-electron chi connectivity index (χ0n) is 18.9. The van der Waals surface area contributed by atoms with Gasteiger partial charge in [-0.3, -0.25) is 19.2 Å². The summed E-state index contributed by atoms with van der Waals surface area (Å²) >= 11 is 0. The number of imide groups is 1. The van der Waals surface area contributed by atoms with E-state index in [-0.39, 0.29) is 11.1 Å². The molecule has 0 saturated carbocycles. The molecule has 0 aromatic heterocycles. The summed E-state index contributed by atoms with van der Waals surface area (Å²) in [5.41, 5.74) is -0.780. The van der Waals surface area contributed by atoms with E-state index in [1.807, 2.05) is 6.07 Å². The number of Topliss-reactive ketones (excluding diaryl/α,β-unsaturated/α-hetero) is 2. The maximum atomic E-state index is 14.0. The number of nitrogens with zero attached hydrogens (tertiary/aromatic N) is 1. The van der Waals surface area contributed by atoms with Gasteiger partial charge in [-0.1, -0.05) is 54.6 Å². The maximum Gasteiger partial charge on any atom is 0.241 e. The molecule has 178 valence electrons. The average Bonchev–Trinajstić information content (AvgIpc) is 3.49. The minimum Gasteiger partial charge on any atom is -0.486 e. The molecular formula is C28H19NO7. The summed E-state index contributed by atoms with van der Waals surface area (Å²) in [6.07, 6.45) is -0.947. The second kappa shape index (κ2) is 7.35. The lowest BCUT2D eigenvalue weighted by Gasteiger charge is -2.27. The Morgan fingerprint density at radius 1 is 0.722 bits per heavy atom. The van der Waals surface area contributed by atoms with Crippen molar-refractivity contribution in [1.29, 1.82) is 0 Å². The average molecular weight is 481 g/mol. The van der Waals surface area contributed by atoms with Gasteiger partial charge < -0.3 is 14.2 Å². The first-order valence-electron chi connectivity index (χ1n) is 11.7. The summed E-state index contributed by atoms with van der Waals surface area (Å²) in [6.45, 7) is 0.749. The molecule has 0 N–H and O–H groups in total. The van der Waals surface area contributed by atoms with E-state index in [2.05, 4.69) is 0 Å². The lowest BCUT2D eigenvalue weighted by atomic mass is 9.77. The Bertz CT molecular complexity index is 1450. The first kappa shape index (κ1) is 21.0. The minimum atomic E-state index is -2.09. The molecule has 3 heterocycles. The van der Waals surface area contributed by atoms with Crippen LogP contribution >= 0.6 is 0 Å². The van der Waals surface area contributed by atoms with Gasteiger partial charge in [0.15, 0.2) is 11.5 Å². The van der Waals surface area contributed by atoms with E-state index in [9.17, 15) is 19.2 Å². The number of fused-ring (bicyclic) bond motifs is 4. The highest BCUT2D eigenvalue weighted by Crippen LogP contribution is 2.57. The molecule has 3 aliphatic heterocycles. The molecule has 4 aliphatic rings. The first-order chi connectivity index (χ1) is 17.5. The van der Waals surface area contributed by atoms with Crippen LogP contribution in [0.2, 0.25) is 0 Å². The van der Waals surface area contributed by atoms with Crippen molar-refractivity contribution in [2.24, 2.45) is 11.8 Å². The van der Waals surface area contributed by atoms with Crippen LogP contribution in [-0.2, 0) is 14.3 Å². The summed E-state index contributed by atoms with van der Waals surface area (Å²) in [5.74, 6) is -3.74. The number of hydrogen-bond donors (Lipinski definition) is 0. The topological polar surface area (TPSA) is 99.2 Å². The van der Waals surface area contributed by atoms with E-state index in [1.165, 1.54) is 0 Å². The van der Waals surface area contributed by atoms with Crippen molar-refractivity contribution < 1.29 is 33.4 Å². The fraction of sp³-hybridized carbons (Fsp3) is 0.214. The number of amides is 2. The highest BCUT2D eigenvalue weighted by atomic mass is 16.6. The molecule has 2 amide bonds. The Labute approximate surface area is 205 Å². The highest BCUT2D eigenvalue weighted by molar-refractivity contribution is 6.37. The standard InChI is InChI=1S/C28H19NO7/c30-24-17-8-4-5-9-18(17)25(31)28(24)22-21(23(36-28)15-6-2-1-3-7-15)26(32)29(27(22)33)16-10-11-19-20(14-16)35-13-12-34-19/h1-11,14,21-23H,12-13H2/t21-,22-,23+/m0/s1. The molecule has 0 radical (unpaired) electrons. The molecule has 8 nitrogen and oxygen atoms in total. The molecule has 2 fully saturated rings. The van der Waals surface area contributed by atoms with Gasteiger partial charge >= 0.3 is 0 Å². The second-order valence-corrected chi connectivity index (χ2v) is 9.23. The van der Waals surface area contributed by atoms with Crippen LogP contribution < -0.4 is 14.4 Å². The third-order valence-corrected chi connectivity index (χ3v) is 7.43. The van der Waals surface area contributed by atoms with E-state index in [4.69, 9.17) is 14.2 Å². The number of carbonyl (C=O) groups excluding carboxylic acids is 4. The van der Waals surface area contributed by atoms with Gasteiger partial charge in [0.05, 0.1) is 23.6 Å². The van der Waals surface area contributed by atoms with Crippen molar-refractivity contribution in [2.75, 3.05) is 18.1 Å². The number of anilines is 1. The van der Waals surface area contributed by atoms with Crippen LogP contribution in [0, 0.1) is 11.8 Å². The maximum absolute atomic E-state index is 14.0. The zero-order valence-corrected chi connectivity index (χ0v) is 18.9. The highest BCUT2D eigenvalue weighted by Gasteiger charge is 2.74. The van der Waals surface area contributed by atoms with E-state index in [0.717, 1.165) is 4.90 Å². The summed E-state index contributed by atoms with van der Waals surface area (Å²) in [7, 11) is 0. The molecule has 0 unspecified atom stereocenters. The predicted molar refractivity (Wildman–Crippen MR) is 125 cm³/mol. The van der Waals surface area contributed by atoms with Gasteiger partial charge in [-0.2, -0.15) is 0 Å². The minimum absolute atomic E-state index is 0.202. The number of ketones is 2. The summed E-state index contributed by atoms with van der Waals surface area (Å²) in [5, 5.41) is 0. The number of carbonyl (C=O) groups is 4. The molecule has 3 aromatic carbocycles. The van der Waals surface area contributed by atoms with E-state index >= 15 is 0 Å². The van der Waals surface area contributed by atoms with E-state index in [1.54, 1.807) is 66.7 Å². The van der Waals surface area contributed by atoms with Crippen molar-refractivity contribution in [3.05, 3.63) is 89.5 Å². The molecule has 36 heavy (non-hydrogen) atoms. The summed E-state index contributed by atoms with van der Waals surface area (Å²) in [6, 6.07) is 20.2. The Morgan fingerprint density at radius 2 is 1.36 bits per heavy atom. The van der Waals surface area contributed by atoms with Crippen molar-refractivity contribution in [3.8, 4) is 11.5 Å². The van der Waals surface area contributed by atoms with Gasteiger partial charge in [0, 0.05) is 17.2 Å². The Morgan fingerprint density at radius 3 is 2.06 bits per heavy atom. The summed E-state index contributed by atoms with van der Waals surface area (Å²) < 4.78 is 17.5. The van der Waals surface area contributed by atoms with Gasteiger partial charge in [0.2, 0.25) is 29.0 Å². The van der Waals surface area contributed by atoms with Crippen LogP contribution in [-0.4, -0.2) is 42.2 Å². The molecule has 1 aliphatic carbocycles. The first-order valence-corrected chi connectivity index (χ1v) is 11.7. The van der Waals surface area contributed by atoms with Crippen molar-refractivity contribution in [3.63, 3.8) is 0 Å². The van der Waals surface area contributed by atoms with Gasteiger partial charge in [0.25, 0.3) is 0 Å². The SMILES string of the molecule is O=C1[C@@H]2[C@@H](c3ccccc3)OC3(C(=O)c4ccccc4C3=O)[C@@H]2C(=O)N1c1ccc2c(c1)OCCO2. The van der Waals surface area contributed by atoms with E-state index in [0.29, 0.717) is 36.0 Å². The quantitative estimate of drug-likeness (QED) is 0.410. The molecular weight excluding hydrogens is 462 g/mol. The molecule has 1 spiro atoms. The number of benzene rings is 3. The van der Waals surface area contributed by atoms with Crippen LogP contribution in [0.1, 0.15) is 32.4 Å². The lowest BCUT2D eigenvalue weighted by Crippen LogP contribution is -2.51. The molecule has 0 bridgehead atoms. The van der Waals surface area contributed by atoms with Crippen LogP contribution in [0.25, 0.3) is 0 Å². The van der Waals surface area contributed by atoms with Crippen molar-refractivity contribution >= 4 is 29.1 Å².